The SMILES string of the molecule is O=S1(=O)CCC(C(CNC2CC2)COCC(F)(F)F)C1. The molecule has 118 valence electrons. The lowest BCUT2D eigenvalue weighted by Gasteiger charge is -2.23. The second-order valence-electron chi connectivity index (χ2n) is 5.74. The Kier molecular flexibility index (Phi) is 4.96. The van der Waals surface area contributed by atoms with Gasteiger partial charge in [0.1, 0.15) is 6.61 Å². The first-order valence-electron chi connectivity index (χ1n) is 6.83. The van der Waals surface area contributed by atoms with Gasteiger partial charge in [0.25, 0.3) is 0 Å². The quantitative estimate of drug-likeness (QED) is 0.771. The van der Waals surface area contributed by atoms with Crippen LogP contribution >= 0.6 is 0 Å². The summed E-state index contributed by atoms with van der Waals surface area (Å²) < 4.78 is 64.0. The van der Waals surface area contributed by atoms with E-state index >= 15 is 0 Å². The zero-order chi connectivity index (χ0) is 14.8. The van der Waals surface area contributed by atoms with E-state index in [1.807, 2.05) is 0 Å². The van der Waals surface area contributed by atoms with Gasteiger partial charge in [-0.25, -0.2) is 8.42 Å². The molecule has 2 fully saturated rings. The van der Waals surface area contributed by atoms with E-state index < -0.39 is 22.6 Å². The van der Waals surface area contributed by atoms with Gasteiger partial charge in [-0.15, -0.1) is 0 Å². The highest BCUT2D eigenvalue weighted by Crippen LogP contribution is 2.28. The third-order valence-electron chi connectivity index (χ3n) is 3.78. The van der Waals surface area contributed by atoms with Gasteiger partial charge in [0.15, 0.2) is 9.84 Å². The lowest BCUT2D eigenvalue weighted by molar-refractivity contribution is -0.177. The second kappa shape index (κ2) is 6.19. The van der Waals surface area contributed by atoms with Crippen molar-refractivity contribution in [2.24, 2.45) is 11.8 Å². The van der Waals surface area contributed by atoms with Crippen LogP contribution in [0.4, 0.5) is 13.2 Å². The number of ether oxygens (including phenoxy) is 1. The van der Waals surface area contributed by atoms with Crippen molar-refractivity contribution in [3.05, 3.63) is 0 Å². The number of hydrogen-bond donors (Lipinski definition) is 1. The van der Waals surface area contributed by atoms with E-state index in [1.54, 1.807) is 0 Å². The molecule has 1 aliphatic heterocycles. The molecule has 2 rings (SSSR count). The Hall–Kier alpha value is -0.340. The maximum Gasteiger partial charge on any atom is 0.411 e. The third-order valence-corrected chi connectivity index (χ3v) is 5.57. The molecule has 1 N–H and O–H groups in total. The average molecular weight is 315 g/mol. The van der Waals surface area contributed by atoms with Crippen molar-refractivity contribution in [1.29, 1.82) is 0 Å². The van der Waals surface area contributed by atoms with Crippen molar-refractivity contribution in [2.45, 2.75) is 31.5 Å². The van der Waals surface area contributed by atoms with Gasteiger partial charge in [-0.2, -0.15) is 13.2 Å². The molecule has 2 unspecified atom stereocenters. The number of rotatable bonds is 7. The van der Waals surface area contributed by atoms with Crippen LogP contribution in [0.25, 0.3) is 0 Å². The van der Waals surface area contributed by atoms with E-state index in [0.717, 1.165) is 12.8 Å². The fourth-order valence-electron chi connectivity index (χ4n) is 2.49. The molecule has 2 atom stereocenters. The van der Waals surface area contributed by atoms with Crippen LogP contribution in [0, 0.1) is 11.8 Å². The Labute approximate surface area is 117 Å². The molecule has 4 nitrogen and oxygen atoms in total. The summed E-state index contributed by atoms with van der Waals surface area (Å²) in [7, 11) is -3.02. The molecule has 0 spiro atoms. The fourth-order valence-corrected chi connectivity index (χ4v) is 4.41. The minimum Gasteiger partial charge on any atom is -0.372 e. The van der Waals surface area contributed by atoms with Crippen molar-refractivity contribution < 1.29 is 26.3 Å². The molecule has 0 aromatic rings. The Morgan fingerprint density at radius 1 is 1.25 bits per heavy atom. The smallest absolute Gasteiger partial charge is 0.372 e. The van der Waals surface area contributed by atoms with E-state index in [4.69, 9.17) is 4.74 Å². The Bertz CT molecular complexity index is 420. The molecule has 1 aliphatic carbocycles. The summed E-state index contributed by atoms with van der Waals surface area (Å²) in [6.07, 6.45) is -1.65. The summed E-state index contributed by atoms with van der Waals surface area (Å²) in [6.45, 7) is -0.783. The number of alkyl halides is 3. The van der Waals surface area contributed by atoms with Crippen LogP contribution in [0.2, 0.25) is 0 Å². The lowest BCUT2D eigenvalue weighted by Crippen LogP contribution is -2.34. The van der Waals surface area contributed by atoms with E-state index in [9.17, 15) is 21.6 Å². The van der Waals surface area contributed by atoms with Crippen molar-refractivity contribution >= 4 is 9.84 Å². The van der Waals surface area contributed by atoms with E-state index in [2.05, 4.69) is 5.32 Å². The van der Waals surface area contributed by atoms with Gasteiger partial charge in [-0.3, -0.25) is 0 Å². The first-order valence-corrected chi connectivity index (χ1v) is 8.65. The molecule has 0 radical (unpaired) electrons. The van der Waals surface area contributed by atoms with E-state index in [0.29, 0.717) is 19.0 Å². The van der Waals surface area contributed by atoms with Crippen LogP contribution in [0.3, 0.4) is 0 Å². The number of sulfone groups is 1. The molecule has 1 heterocycles. The highest BCUT2D eigenvalue weighted by atomic mass is 32.2. The van der Waals surface area contributed by atoms with Gasteiger partial charge in [-0.05, 0) is 31.1 Å². The molecule has 0 amide bonds. The Morgan fingerprint density at radius 3 is 2.45 bits per heavy atom. The minimum atomic E-state index is -4.34. The highest BCUT2D eigenvalue weighted by Gasteiger charge is 2.35. The van der Waals surface area contributed by atoms with Crippen LogP contribution < -0.4 is 5.32 Å². The summed E-state index contributed by atoms with van der Waals surface area (Å²) >= 11 is 0. The molecular formula is C12H20F3NO3S. The molecular weight excluding hydrogens is 295 g/mol. The summed E-state index contributed by atoms with van der Waals surface area (Å²) in [5, 5.41) is 3.25. The molecule has 1 saturated heterocycles. The predicted octanol–water partition coefficient (Wildman–Crippen LogP) is 1.37. The number of hydrogen-bond acceptors (Lipinski definition) is 4. The number of nitrogens with one attached hydrogen (secondary N) is 1. The first-order chi connectivity index (χ1) is 9.25. The Balaban J connectivity index is 1.83. The first kappa shape index (κ1) is 16.0. The van der Waals surface area contributed by atoms with Gasteiger partial charge >= 0.3 is 6.18 Å². The summed E-state index contributed by atoms with van der Waals surface area (Å²) in [6, 6.07) is 0.443. The molecule has 20 heavy (non-hydrogen) atoms. The molecule has 8 heteroatoms. The van der Waals surface area contributed by atoms with Gasteiger partial charge < -0.3 is 10.1 Å². The maximum atomic E-state index is 12.1. The van der Waals surface area contributed by atoms with Crippen LogP contribution in [0.15, 0.2) is 0 Å². The summed E-state index contributed by atoms with van der Waals surface area (Å²) in [4.78, 5) is 0. The van der Waals surface area contributed by atoms with Crippen molar-refractivity contribution in [2.75, 3.05) is 31.3 Å². The maximum absolute atomic E-state index is 12.1. The number of halogens is 3. The van der Waals surface area contributed by atoms with Crippen molar-refractivity contribution in [3.8, 4) is 0 Å². The molecule has 2 aliphatic rings. The summed E-state index contributed by atoms with van der Waals surface area (Å²) in [5.41, 5.74) is 0. The molecule has 0 aromatic carbocycles. The standard InChI is InChI=1S/C12H20F3NO3S/c13-12(14,15)8-19-6-10(5-16-11-1-2-11)9-3-4-20(17,18)7-9/h9-11,16H,1-8H2. The topological polar surface area (TPSA) is 55.4 Å². The zero-order valence-corrected chi connectivity index (χ0v) is 12.0. The van der Waals surface area contributed by atoms with Crippen LogP contribution in [0.5, 0.6) is 0 Å². The van der Waals surface area contributed by atoms with Gasteiger partial charge in [0.05, 0.1) is 18.1 Å². The van der Waals surface area contributed by atoms with Gasteiger partial charge in [0.2, 0.25) is 0 Å². The largest absolute Gasteiger partial charge is 0.411 e. The van der Waals surface area contributed by atoms with Crippen LogP contribution in [-0.4, -0.2) is 51.9 Å². The lowest BCUT2D eigenvalue weighted by atomic mass is 9.92. The van der Waals surface area contributed by atoms with E-state index in [1.165, 1.54) is 0 Å². The predicted molar refractivity (Wildman–Crippen MR) is 68.1 cm³/mol. The molecule has 1 saturated carbocycles. The van der Waals surface area contributed by atoms with E-state index in [-0.39, 0.29) is 29.9 Å². The minimum absolute atomic E-state index is 0.0422. The van der Waals surface area contributed by atoms with Crippen LogP contribution in [-0.2, 0) is 14.6 Å². The van der Waals surface area contributed by atoms with Crippen molar-refractivity contribution in [1.82, 2.24) is 5.32 Å². The fraction of sp³-hybridized carbons (Fsp3) is 1.00. The molecule has 0 aromatic heterocycles. The third kappa shape index (κ3) is 5.57. The second-order valence-corrected chi connectivity index (χ2v) is 7.96. The highest BCUT2D eigenvalue weighted by molar-refractivity contribution is 7.91. The van der Waals surface area contributed by atoms with Crippen LogP contribution in [0.1, 0.15) is 19.3 Å². The van der Waals surface area contributed by atoms with Crippen molar-refractivity contribution in [3.63, 3.8) is 0 Å². The van der Waals surface area contributed by atoms with Gasteiger partial charge in [0, 0.05) is 12.6 Å². The normalized spacial score (nSPS) is 27.6. The summed E-state index contributed by atoms with van der Waals surface area (Å²) in [5.74, 6) is -0.0642. The Morgan fingerprint density at radius 2 is 1.95 bits per heavy atom. The average Bonchev–Trinajstić information content (AvgIpc) is 3.05. The zero-order valence-electron chi connectivity index (χ0n) is 11.2. The van der Waals surface area contributed by atoms with Gasteiger partial charge in [-0.1, -0.05) is 0 Å². The molecule has 0 bridgehead atoms. The monoisotopic (exact) mass is 315 g/mol.